The van der Waals surface area contributed by atoms with Crippen LogP contribution in [0.25, 0.3) is 0 Å². The van der Waals surface area contributed by atoms with Crippen molar-refractivity contribution in [1.29, 1.82) is 0 Å². The second kappa shape index (κ2) is 13.2. The molecule has 0 heterocycles. The molecule has 0 radical (unpaired) electrons. The lowest BCUT2D eigenvalue weighted by Gasteiger charge is -2.26. The van der Waals surface area contributed by atoms with Crippen LogP contribution >= 0.6 is 35.3 Å². The third kappa shape index (κ3) is 9.08. The summed E-state index contributed by atoms with van der Waals surface area (Å²) in [5.74, 6) is 1.15. The van der Waals surface area contributed by atoms with Gasteiger partial charge >= 0.3 is 0 Å². The lowest BCUT2D eigenvalue weighted by atomic mass is 9.85. The number of phenolic OH excluding ortho intramolecular Hbond substituents is 3. The van der Waals surface area contributed by atoms with Crippen LogP contribution in [0.2, 0.25) is 0 Å². The molecule has 0 aromatic heterocycles. The normalized spacial score (nSPS) is 13.5. The Bertz CT molecular complexity index is 1380. The molecule has 3 aromatic rings. The fraction of sp³-hybridized carbons (Fsp3) is 0.514. The Kier molecular flexibility index (Phi) is 10.9. The van der Waals surface area contributed by atoms with Gasteiger partial charge in [-0.15, -0.1) is 35.3 Å². The minimum absolute atomic E-state index is 0.147. The average Bonchev–Trinajstić information content (AvgIpc) is 2.83. The molecule has 6 heteroatoms. The monoisotopic (exact) mass is 640 g/mol. The van der Waals surface area contributed by atoms with Crippen LogP contribution in [-0.2, 0) is 16.2 Å². The molecular weight excluding hydrogens is 589 g/mol. The molecule has 3 aromatic carbocycles. The summed E-state index contributed by atoms with van der Waals surface area (Å²) >= 11 is 5.55. The molecule has 3 N–H and O–H groups in total. The van der Waals surface area contributed by atoms with Crippen LogP contribution < -0.4 is 0 Å². The largest absolute Gasteiger partial charge is 0.507 e. The van der Waals surface area contributed by atoms with E-state index in [-0.39, 0.29) is 20.8 Å². The molecule has 0 saturated heterocycles. The third-order valence-corrected chi connectivity index (χ3v) is 11.2. The van der Waals surface area contributed by atoms with Crippen molar-refractivity contribution < 1.29 is 15.3 Å². The Morgan fingerprint density at radius 2 is 0.791 bits per heavy atom. The molecule has 0 aliphatic rings. The summed E-state index contributed by atoms with van der Waals surface area (Å²) in [6.07, 6.45) is 0.931. The summed E-state index contributed by atoms with van der Waals surface area (Å²) in [6.45, 7) is 27.5. The number of benzene rings is 3. The Balaban J connectivity index is 2.00. The van der Waals surface area contributed by atoms with E-state index in [4.69, 9.17) is 0 Å². The van der Waals surface area contributed by atoms with Crippen LogP contribution in [0, 0.1) is 20.8 Å². The first kappa shape index (κ1) is 35.6. The highest BCUT2D eigenvalue weighted by Crippen LogP contribution is 2.46. The van der Waals surface area contributed by atoms with E-state index in [9.17, 15) is 15.3 Å². The fourth-order valence-electron chi connectivity index (χ4n) is 5.13. The number of rotatable bonds is 8. The highest BCUT2D eigenvalue weighted by Gasteiger charge is 2.26. The van der Waals surface area contributed by atoms with E-state index in [2.05, 4.69) is 106 Å². The van der Waals surface area contributed by atoms with Crippen molar-refractivity contribution in [2.45, 2.75) is 137 Å². The van der Waals surface area contributed by atoms with Gasteiger partial charge in [0.15, 0.2) is 0 Å². The highest BCUT2D eigenvalue weighted by molar-refractivity contribution is 8.17. The van der Waals surface area contributed by atoms with E-state index in [0.717, 1.165) is 49.6 Å². The van der Waals surface area contributed by atoms with Gasteiger partial charge in [-0.3, -0.25) is 0 Å². The summed E-state index contributed by atoms with van der Waals surface area (Å²) in [5.41, 5.74) is 5.11. The van der Waals surface area contributed by atoms with Crippen molar-refractivity contribution in [2.75, 3.05) is 0 Å². The van der Waals surface area contributed by atoms with Gasteiger partial charge in [0, 0.05) is 36.6 Å². The van der Waals surface area contributed by atoms with Crippen LogP contribution in [-0.4, -0.2) is 25.2 Å². The molecule has 0 aliphatic carbocycles. The predicted octanol–water partition coefficient (Wildman–Crippen LogP) is 11.4. The minimum atomic E-state index is -0.172. The summed E-state index contributed by atoms with van der Waals surface area (Å²) in [4.78, 5) is 3.47. The first-order valence-corrected chi connectivity index (χ1v) is 17.7. The van der Waals surface area contributed by atoms with Crippen LogP contribution in [0.4, 0.5) is 0 Å². The minimum Gasteiger partial charge on any atom is -0.507 e. The smallest absolute Gasteiger partial charge is 0.122 e. The Hall–Kier alpha value is -1.89. The highest BCUT2D eigenvalue weighted by atomic mass is 32.2. The Morgan fingerprint density at radius 1 is 0.512 bits per heavy atom. The van der Waals surface area contributed by atoms with E-state index < -0.39 is 0 Å². The second-order valence-electron chi connectivity index (χ2n) is 15.0. The molecule has 0 spiro atoms. The fourth-order valence-corrected chi connectivity index (χ4v) is 9.66. The number of aromatic hydroxyl groups is 3. The number of hydrogen-bond donors (Lipinski definition) is 3. The van der Waals surface area contributed by atoms with Crippen molar-refractivity contribution in [3.05, 3.63) is 69.8 Å². The van der Waals surface area contributed by atoms with Gasteiger partial charge in [0.25, 0.3) is 0 Å². The molecule has 3 rings (SSSR count). The van der Waals surface area contributed by atoms with Gasteiger partial charge in [-0.25, -0.2) is 0 Å². The zero-order valence-corrected chi connectivity index (χ0v) is 30.8. The van der Waals surface area contributed by atoms with Gasteiger partial charge in [0.1, 0.15) is 17.2 Å². The lowest BCUT2D eigenvalue weighted by Crippen LogP contribution is -2.13. The summed E-state index contributed by atoms with van der Waals surface area (Å²) in [5, 5.41) is 32.8. The molecule has 1 unspecified atom stereocenters. The van der Waals surface area contributed by atoms with E-state index in [0.29, 0.717) is 22.5 Å². The van der Waals surface area contributed by atoms with Crippen LogP contribution in [0.5, 0.6) is 17.2 Å². The van der Waals surface area contributed by atoms with E-state index in [1.54, 1.807) is 0 Å². The molecule has 0 saturated carbocycles. The standard InChI is InChI=1S/C37H52O3S3/c1-21-14-25(18-28(32(21)38)35(5,6)7)41-24(4)17-31(42-26-15-22(2)33(39)29(19-26)36(8,9)10)43-27-16-23(3)34(40)30(20-27)37(11,12)13/h14-16,18-20,24,31,38-40H,17H2,1-13H3. The van der Waals surface area contributed by atoms with Crippen molar-refractivity contribution >= 4 is 35.3 Å². The third-order valence-electron chi connectivity index (χ3n) is 7.64. The average molecular weight is 641 g/mol. The zero-order chi connectivity index (χ0) is 32.7. The molecule has 43 heavy (non-hydrogen) atoms. The van der Waals surface area contributed by atoms with Crippen LogP contribution in [0.3, 0.4) is 0 Å². The summed E-state index contributed by atoms with van der Waals surface area (Å²) in [6, 6.07) is 12.7. The van der Waals surface area contributed by atoms with Crippen molar-refractivity contribution in [2.24, 2.45) is 0 Å². The van der Waals surface area contributed by atoms with Crippen molar-refractivity contribution in [3.63, 3.8) is 0 Å². The van der Waals surface area contributed by atoms with E-state index in [1.807, 2.05) is 56.1 Å². The second-order valence-corrected chi connectivity index (χ2v) is 19.4. The lowest BCUT2D eigenvalue weighted by molar-refractivity contribution is 0.441. The van der Waals surface area contributed by atoms with Crippen molar-refractivity contribution in [1.82, 2.24) is 0 Å². The Morgan fingerprint density at radius 3 is 1.07 bits per heavy atom. The SMILES string of the molecule is Cc1cc(SC(C)CC(Sc2cc(C)c(O)c(C(C)(C)C)c2)Sc2cc(C)c(O)c(C(C)(C)C)c2)cc(C(C)(C)C)c1O. The number of aryl methyl sites for hydroxylation is 3. The maximum Gasteiger partial charge on any atom is 0.122 e. The molecule has 236 valence electrons. The number of hydrogen-bond acceptors (Lipinski definition) is 6. The van der Waals surface area contributed by atoms with Gasteiger partial charge in [-0.1, -0.05) is 69.2 Å². The quantitative estimate of drug-likeness (QED) is 0.168. The zero-order valence-electron chi connectivity index (χ0n) is 28.4. The molecular formula is C37H52O3S3. The van der Waals surface area contributed by atoms with Gasteiger partial charge in [-0.05, 0) is 96.5 Å². The number of phenols is 3. The molecule has 3 nitrogen and oxygen atoms in total. The maximum absolute atomic E-state index is 10.9. The molecule has 0 fully saturated rings. The topological polar surface area (TPSA) is 60.7 Å². The van der Waals surface area contributed by atoms with Gasteiger partial charge < -0.3 is 15.3 Å². The maximum atomic E-state index is 10.9. The van der Waals surface area contributed by atoms with Gasteiger partial charge in [0.2, 0.25) is 0 Å². The summed E-state index contributed by atoms with van der Waals surface area (Å²) < 4.78 is 0.191. The molecule has 0 bridgehead atoms. The molecule has 1 atom stereocenters. The predicted molar refractivity (Wildman–Crippen MR) is 190 cm³/mol. The van der Waals surface area contributed by atoms with Gasteiger partial charge in [-0.2, -0.15) is 0 Å². The van der Waals surface area contributed by atoms with Crippen LogP contribution in [0.1, 0.15) is 109 Å². The van der Waals surface area contributed by atoms with Crippen molar-refractivity contribution in [3.8, 4) is 17.2 Å². The first-order valence-electron chi connectivity index (χ1n) is 15.1. The first-order chi connectivity index (χ1) is 19.6. The molecule has 0 aliphatic heterocycles. The summed E-state index contributed by atoms with van der Waals surface area (Å²) in [7, 11) is 0. The van der Waals surface area contributed by atoms with E-state index in [1.165, 1.54) is 4.90 Å². The van der Waals surface area contributed by atoms with Crippen LogP contribution in [0.15, 0.2) is 51.1 Å². The molecule has 0 amide bonds. The van der Waals surface area contributed by atoms with E-state index >= 15 is 0 Å². The Labute approximate surface area is 273 Å². The number of thioether (sulfide) groups is 3. The van der Waals surface area contributed by atoms with Gasteiger partial charge in [0.05, 0.1) is 4.58 Å².